The predicted octanol–water partition coefficient (Wildman–Crippen LogP) is 2.01. The molecule has 0 saturated heterocycles. The molecule has 0 bridgehead atoms. The van der Waals surface area contributed by atoms with Gasteiger partial charge in [0.25, 0.3) is 5.92 Å². The largest absolute Gasteiger partial charge is 0.303 e. The lowest BCUT2D eigenvalue weighted by Gasteiger charge is -2.32. The van der Waals surface area contributed by atoms with Crippen LogP contribution < -0.4 is 0 Å². The molecule has 0 amide bonds. The van der Waals surface area contributed by atoms with Gasteiger partial charge in [-0.2, -0.15) is 0 Å². The summed E-state index contributed by atoms with van der Waals surface area (Å²) in [6.07, 6.45) is 1.76. The molecule has 0 aromatic rings. The third kappa shape index (κ3) is 1.33. The first-order chi connectivity index (χ1) is 4.67. The average Bonchev–Trinajstić information content (AvgIpc) is 1.56. The van der Waals surface area contributed by atoms with Crippen molar-refractivity contribution in [1.82, 2.24) is 0 Å². The van der Waals surface area contributed by atoms with Crippen LogP contribution in [0, 0.1) is 5.92 Å². The molecule has 0 radical (unpaired) electrons. The molecule has 1 nitrogen and oxygen atoms in total. The first-order valence-corrected chi connectivity index (χ1v) is 3.48. The van der Waals surface area contributed by atoms with Crippen molar-refractivity contribution in [1.29, 1.82) is 0 Å². The SMILES string of the molecule is O=CCC(F)(F)C1CCC1. The summed E-state index contributed by atoms with van der Waals surface area (Å²) in [6.45, 7) is 0. The molecule has 0 atom stereocenters. The molecule has 0 heterocycles. The van der Waals surface area contributed by atoms with Crippen molar-refractivity contribution in [2.75, 3.05) is 0 Å². The van der Waals surface area contributed by atoms with Crippen molar-refractivity contribution in [3.8, 4) is 0 Å². The molecular weight excluding hydrogens is 138 g/mol. The van der Waals surface area contributed by atoms with Crippen LogP contribution in [0.4, 0.5) is 8.78 Å². The summed E-state index contributed by atoms with van der Waals surface area (Å²) < 4.78 is 25.3. The fourth-order valence-corrected chi connectivity index (χ4v) is 1.11. The van der Waals surface area contributed by atoms with Crippen molar-refractivity contribution < 1.29 is 13.6 Å². The molecule has 0 spiro atoms. The normalized spacial score (nSPS) is 20.2. The van der Waals surface area contributed by atoms with Crippen LogP contribution >= 0.6 is 0 Å². The molecule has 58 valence electrons. The van der Waals surface area contributed by atoms with Crippen LogP contribution in [0.2, 0.25) is 0 Å². The maximum atomic E-state index is 12.6. The Morgan fingerprint density at radius 3 is 2.40 bits per heavy atom. The molecule has 0 unspecified atom stereocenters. The second kappa shape index (κ2) is 2.64. The molecule has 10 heavy (non-hydrogen) atoms. The molecule has 3 heteroatoms. The fourth-order valence-electron chi connectivity index (χ4n) is 1.11. The minimum Gasteiger partial charge on any atom is -0.303 e. The van der Waals surface area contributed by atoms with Gasteiger partial charge in [0, 0.05) is 5.92 Å². The molecule has 1 aliphatic carbocycles. The third-order valence-corrected chi connectivity index (χ3v) is 2.06. The van der Waals surface area contributed by atoms with E-state index in [1.54, 1.807) is 0 Å². The van der Waals surface area contributed by atoms with E-state index in [1.165, 1.54) is 0 Å². The van der Waals surface area contributed by atoms with Crippen LogP contribution in [0.1, 0.15) is 25.7 Å². The Balaban J connectivity index is 2.39. The highest BCUT2D eigenvalue weighted by atomic mass is 19.3. The van der Waals surface area contributed by atoms with Gasteiger partial charge in [-0.1, -0.05) is 6.42 Å². The predicted molar refractivity (Wildman–Crippen MR) is 33.0 cm³/mol. The van der Waals surface area contributed by atoms with E-state index in [4.69, 9.17) is 0 Å². The zero-order chi connectivity index (χ0) is 7.61. The monoisotopic (exact) mass is 148 g/mol. The molecule has 1 aliphatic rings. The van der Waals surface area contributed by atoms with Crippen LogP contribution in [-0.2, 0) is 4.79 Å². The number of hydrogen-bond donors (Lipinski definition) is 0. The van der Waals surface area contributed by atoms with Crippen LogP contribution in [0.5, 0.6) is 0 Å². The lowest BCUT2D eigenvalue weighted by atomic mass is 9.79. The molecular formula is C7H10F2O. The lowest BCUT2D eigenvalue weighted by molar-refractivity contribution is -0.125. The van der Waals surface area contributed by atoms with Gasteiger partial charge in [0.05, 0.1) is 6.42 Å². The van der Waals surface area contributed by atoms with E-state index in [2.05, 4.69) is 0 Å². The summed E-state index contributed by atoms with van der Waals surface area (Å²) in [5.74, 6) is -3.24. The number of rotatable bonds is 3. The van der Waals surface area contributed by atoms with Gasteiger partial charge in [-0.05, 0) is 12.8 Å². The highest BCUT2D eigenvalue weighted by molar-refractivity contribution is 5.50. The van der Waals surface area contributed by atoms with Gasteiger partial charge in [-0.15, -0.1) is 0 Å². The van der Waals surface area contributed by atoms with Crippen LogP contribution in [0.3, 0.4) is 0 Å². The summed E-state index contributed by atoms with van der Waals surface area (Å²) >= 11 is 0. The first kappa shape index (κ1) is 7.63. The Hall–Kier alpha value is -0.470. The number of halogens is 2. The van der Waals surface area contributed by atoms with Crippen LogP contribution in [0.25, 0.3) is 0 Å². The molecule has 0 aromatic carbocycles. The maximum absolute atomic E-state index is 12.6. The van der Waals surface area contributed by atoms with Crippen molar-refractivity contribution in [3.05, 3.63) is 0 Å². The number of aldehydes is 1. The third-order valence-electron chi connectivity index (χ3n) is 2.06. The number of hydrogen-bond acceptors (Lipinski definition) is 1. The smallest absolute Gasteiger partial charge is 0.257 e. The number of alkyl halides is 2. The van der Waals surface area contributed by atoms with Crippen LogP contribution in [-0.4, -0.2) is 12.2 Å². The average molecular weight is 148 g/mol. The van der Waals surface area contributed by atoms with E-state index < -0.39 is 18.3 Å². The Bertz CT molecular complexity index is 130. The van der Waals surface area contributed by atoms with Gasteiger partial charge in [0.2, 0.25) is 0 Å². The Labute approximate surface area is 58.4 Å². The van der Waals surface area contributed by atoms with Gasteiger partial charge in [-0.25, -0.2) is 8.78 Å². The van der Waals surface area contributed by atoms with E-state index in [0.29, 0.717) is 19.1 Å². The highest BCUT2D eigenvalue weighted by Gasteiger charge is 2.42. The molecule has 0 N–H and O–H groups in total. The second-order valence-corrected chi connectivity index (χ2v) is 2.76. The van der Waals surface area contributed by atoms with Gasteiger partial charge in [-0.3, -0.25) is 0 Å². The Kier molecular flexibility index (Phi) is 2.02. The molecule has 0 aromatic heterocycles. The van der Waals surface area contributed by atoms with Crippen molar-refractivity contribution in [2.45, 2.75) is 31.6 Å². The van der Waals surface area contributed by atoms with E-state index in [-0.39, 0.29) is 0 Å². The van der Waals surface area contributed by atoms with Gasteiger partial charge in [0.1, 0.15) is 6.29 Å². The van der Waals surface area contributed by atoms with E-state index >= 15 is 0 Å². The van der Waals surface area contributed by atoms with Crippen molar-refractivity contribution in [3.63, 3.8) is 0 Å². The maximum Gasteiger partial charge on any atom is 0.257 e. The van der Waals surface area contributed by atoms with E-state index in [9.17, 15) is 13.6 Å². The minimum atomic E-state index is -2.72. The topological polar surface area (TPSA) is 17.1 Å². The van der Waals surface area contributed by atoms with Crippen molar-refractivity contribution >= 4 is 6.29 Å². The molecule has 0 aliphatic heterocycles. The summed E-state index contributed by atoms with van der Waals surface area (Å²) in [5, 5.41) is 0. The lowest BCUT2D eigenvalue weighted by Crippen LogP contribution is -2.33. The number of carbonyl (C=O) groups is 1. The fraction of sp³-hybridized carbons (Fsp3) is 0.857. The molecule has 1 fully saturated rings. The standard InChI is InChI=1S/C7H10F2O/c8-7(9,4-5-10)6-2-1-3-6/h5-6H,1-4H2. The van der Waals surface area contributed by atoms with E-state index in [1.807, 2.05) is 0 Å². The highest BCUT2D eigenvalue weighted by Crippen LogP contribution is 2.41. The first-order valence-electron chi connectivity index (χ1n) is 3.48. The van der Waals surface area contributed by atoms with Gasteiger partial charge < -0.3 is 4.79 Å². The Morgan fingerprint density at radius 2 is 2.10 bits per heavy atom. The minimum absolute atomic E-state index is 0.304. The summed E-state index contributed by atoms with van der Waals surface area (Å²) in [4.78, 5) is 9.78. The number of carbonyl (C=O) groups excluding carboxylic acids is 1. The molecule has 1 saturated carbocycles. The summed E-state index contributed by atoms with van der Waals surface area (Å²) in [6, 6.07) is 0. The summed E-state index contributed by atoms with van der Waals surface area (Å²) in [7, 11) is 0. The zero-order valence-electron chi connectivity index (χ0n) is 5.65. The van der Waals surface area contributed by atoms with Gasteiger partial charge in [0.15, 0.2) is 0 Å². The zero-order valence-corrected chi connectivity index (χ0v) is 5.65. The summed E-state index contributed by atoms with van der Waals surface area (Å²) in [5.41, 5.74) is 0. The van der Waals surface area contributed by atoms with E-state index in [0.717, 1.165) is 6.42 Å². The quantitative estimate of drug-likeness (QED) is 0.559. The van der Waals surface area contributed by atoms with Gasteiger partial charge >= 0.3 is 0 Å². The van der Waals surface area contributed by atoms with Crippen molar-refractivity contribution in [2.24, 2.45) is 5.92 Å². The molecule has 1 rings (SSSR count). The van der Waals surface area contributed by atoms with Crippen LogP contribution in [0.15, 0.2) is 0 Å². The Morgan fingerprint density at radius 1 is 1.50 bits per heavy atom. The second-order valence-electron chi connectivity index (χ2n) is 2.76.